The Morgan fingerprint density at radius 1 is 1.60 bits per heavy atom. The maximum atomic E-state index is 10.5. The fraction of sp³-hybridized carbons (Fsp3) is 0.600. The Morgan fingerprint density at radius 2 is 2.33 bits per heavy atom. The van der Waals surface area contributed by atoms with E-state index in [1.54, 1.807) is 0 Å². The van der Waals surface area contributed by atoms with E-state index >= 15 is 0 Å². The average Bonchev–Trinajstić information content (AvgIpc) is 2.86. The number of hydrogen-bond acceptors (Lipinski definition) is 4. The minimum Gasteiger partial charge on any atom is -0.475 e. The van der Waals surface area contributed by atoms with E-state index in [2.05, 4.69) is 15.0 Å². The third-order valence-corrected chi connectivity index (χ3v) is 2.70. The number of nitrogens with one attached hydrogen (secondary N) is 1. The number of nitrogens with zero attached hydrogens (tertiary/aromatic N) is 1. The fourth-order valence-electron chi connectivity index (χ4n) is 1.87. The molecule has 0 unspecified atom stereocenters. The number of rotatable bonds is 4. The van der Waals surface area contributed by atoms with Crippen molar-refractivity contribution in [3.63, 3.8) is 0 Å². The van der Waals surface area contributed by atoms with Gasteiger partial charge in [-0.15, -0.1) is 0 Å². The topological polar surface area (TPSA) is 75.4 Å². The number of carboxylic acid groups (broad SMARTS) is 1. The summed E-state index contributed by atoms with van der Waals surface area (Å²) in [5, 5.41) is 15.6. The molecule has 1 heterocycles. The highest BCUT2D eigenvalue weighted by Gasteiger charge is 2.15. The lowest BCUT2D eigenvalue weighted by molar-refractivity contribution is 0.0652. The zero-order valence-electron chi connectivity index (χ0n) is 8.40. The summed E-state index contributed by atoms with van der Waals surface area (Å²) >= 11 is 0. The van der Waals surface area contributed by atoms with Crippen molar-refractivity contribution in [2.24, 2.45) is 0 Å². The molecule has 0 aliphatic heterocycles. The molecule has 0 radical (unpaired) electrons. The first kappa shape index (κ1) is 10.2. The van der Waals surface area contributed by atoms with Crippen molar-refractivity contribution >= 4 is 5.97 Å². The van der Waals surface area contributed by atoms with Crippen LogP contribution in [0, 0.1) is 0 Å². The van der Waals surface area contributed by atoms with Crippen molar-refractivity contribution in [3.05, 3.63) is 17.5 Å². The van der Waals surface area contributed by atoms with Crippen LogP contribution in [0.25, 0.3) is 0 Å². The van der Waals surface area contributed by atoms with Gasteiger partial charge in [0.25, 0.3) is 0 Å². The van der Waals surface area contributed by atoms with Gasteiger partial charge in [-0.25, -0.2) is 4.79 Å². The normalized spacial score (nSPS) is 17.1. The molecular weight excluding hydrogens is 196 g/mol. The number of aromatic nitrogens is 1. The SMILES string of the molecule is O=C(O)c1cc(CNC2CCCC2)no1. The van der Waals surface area contributed by atoms with E-state index in [-0.39, 0.29) is 5.76 Å². The molecule has 5 nitrogen and oxygen atoms in total. The Morgan fingerprint density at radius 3 is 2.93 bits per heavy atom. The van der Waals surface area contributed by atoms with Gasteiger partial charge in [0.05, 0.1) is 5.69 Å². The van der Waals surface area contributed by atoms with Gasteiger partial charge >= 0.3 is 5.97 Å². The molecule has 15 heavy (non-hydrogen) atoms. The zero-order chi connectivity index (χ0) is 10.7. The summed E-state index contributed by atoms with van der Waals surface area (Å²) in [7, 11) is 0. The van der Waals surface area contributed by atoms with Gasteiger partial charge in [-0.2, -0.15) is 0 Å². The summed E-state index contributed by atoms with van der Waals surface area (Å²) in [6.45, 7) is 0.585. The molecule has 2 rings (SSSR count). The fourth-order valence-corrected chi connectivity index (χ4v) is 1.87. The van der Waals surface area contributed by atoms with Gasteiger partial charge in [0.15, 0.2) is 0 Å². The van der Waals surface area contributed by atoms with Gasteiger partial charge in [0.1, 0.15) is 0 Å². The van der Waals surface area contributed by atoms with Crippen molar-refractivity contribution in [3.8, 4) is 0 Å². The smallest absolute Gasteiger partial charge is 0.374 e. The van der Waals surface area contributed by atoms with Crippen LogP contribution < -0.4 is 5.32 Å². The molecule has 2 N–H and O–H groups in total. The Bertz CT molecular complexity index is 342. The Labute approximate surface area is 87.5 Å². The quantitative estimate of drug-likeness (QED) is 0.785. The summed E-state index contributed by atoms with van der Waals surface area (Å²) in [5.74, 6) is -1.17. The van der Waals surface area contributed by atoms with Crippen LogP contribution >= 0.6 is 0 Å². The van der Waals surface area contributed by atoms with E-state index in [0.29, 0.717) is 18.3 Å². The van der Waals surface area contributed by atoms with E-state index < -0.39 is 5.97 Å². The molecule has 0 amide bonds. The van der Waals surface area contributed by atoms with Crippen LogP contribution in [-0.4, -0.2) is 22.3 Å². The van der Waals surface area contributed by atoms with E-state index in [0.717, 1.165) is 0 Å². The highest BCUT2D eigenvalue weighted by Crippen LogP contribution is 2.18. The van der Waals surface area contributed by atoms with E-state index in [9.17, 15) is 4.79 Å². The first-order chi connectivity index (χ1) is 7.25. The zero-order valence-corrected chi connectivity index (χ0v) is 8.40. The van der Waals surface area contributed by atoms with Crippen LogP contribution in [0.1, 0.15) is 41.9 Å². The highest BCUT2D eigenvalue weighted by molar-refractivity contribution is 5.84. The lowest BCUT2D eigenvalue weighted by Gasteiger charge is -2.08. The molecule has 82 valence electrons. The van der Waals surface area contributed by atoms with Gasteiger partial charge in [-0.1, -0.05) is 18.0 Å². The minimum absolute atomic E-state index is 0.0989. The van der Waals surface area contributed by atoms with Crippen molar-refractivity contribution < 1.29 is 14.4 Å². The van der Waals surface area contributed by atoms with Crippen molar-refractivity contribution in [2.45, 2.75) is 38.3 Å². The van der Waals surface area contributed by atoms with Crippen molar-refractivity contribution in [2.75, 3.05) is 0 Å². The molecule has 1 aromatic rings. The number of hydrogen-bond donors (Lipinski definition) is 2. The summed E-state index contributed by atoms with van der Waals surface area (Å²) in [4.78, 5) is 10.5. The first-order valence-electron chi connectivity index (χ1n) is 5.18. The molecule has 5 heteroatoms. The molecule has 1 aliphatic rings. The third kappa shape index (κ3) is 2.56. The largest absolute Gasteiger partial charge is 0.475 e. The predicted octanol–water partition coefficient (Wildman–Crippen LogP) is 1.40. The Balaban J connectivity index is 1.84. The molecule has 0 saturated heterocycles. The number of carboxylic acids is 1. The van der Waals surface area contributed by atoms with E-state index in [4.69, 9.17) is 5.11 Å². The highest BCUT2D eigenvalue weighted by atomic mass is 16.5. The van der Waals surface area contributed by atoms with Crippen molar-refractivity contribution in [1.29, 1.82) is 0 Å². The van der Waals surface area contributed by atoms with Crippen LogP contribution in [0.15, 0.2) is 10.6 Å². The average molecular weight is 210 g/mol. The molecule has 0 atom stereocenters. The Hall–Kier alpha value is -1.36. The van der Waals surface area contributed by atoms with Gasteiger partial charge in [0, 0.05) is 18.7 Å². The second-order valence-electron chi connectivity index (χ2n) is 3.85. The molecule has 1 fully saturated rings. The molecule has 1 aliphatic carbocycles. The van der Waals surface area contributed by atoms with Crippen LogP contribution in [0.3, 0.4) is 0 Å². The van der Waals surface area contributed by atoms with Gasteiger partial charge in [-0.3, -0.25) is 0 Å². The number of carbonyl (C=O) groups is 1. The second-order valence-corrected chi connectivity index (χ2v) is 3.85. The molecule has 1 saturated carbocycles. The molecule has 0 aromatic carbocycles. The van der Waals surface area contributed by atoms with Crippen LogP contribution in [-0.2, 0) is 6.54 Å². The van der Waals surface area contributed by atoms with Crippen LogP contribution in [0.5, 0.6) is 0 Å². The molecule has 0 spiro atoms. The van der Waals surface area contributed by atoms with Crippen LogP contribution in [0.4, 0.5) is 0 Å². The Kier molecular flexibility index (Phi) is 3.01. The molecule has 1 aromatic heterocycles. The van der Waals surface area contributed by atoms with Crippen LogP contribution in [0.2, 0.25) is 0 Å². The summed E-state index contributed by atoms with van der Waals surface area (Å²) in [6, 6.07) is 2.01. The number of aromatic carboxylic acids is 1. The molecular formula is C10H14N2O3. The summed E-state index contributed by atoms with van der Waals surface area (Å²) in [6.07, 6.45) is 4.95. The maximum Gasteiger partial charge on any atom is 0.374 e. The minimum atomic E-state index is -1.07. The van der Waals surface area contributed by atoms with Crippen molar-refractivity contribution in [1.82, 2.24) is 10.5 Å². The van der Waals surface area contributed by atoms with Gasteiger partial charge in [-0.05, 0) is 12.8 Å². The lowest BCUT2D eigenvalue weighted by atomic mass is 10.2. The summed E-state index contributed by atoms with van der Waals surface area (Å²) < 4.78 is 4.65. The van der Waals surface area contributed by atoms with E-state index in [1.807, 2.05) is 0 Å². The summed E-state index contributed by atoms with van der Waals surface area (Å²) in [5.41, 5.74) is 0.652. The third-order valence-electron chi connectivity index (χ3n) is 2.70. The maximum absolute atomic E-state index is 10.5. The predicted molar refractivity (Wildman–Crippen MR) is 52.6 cm³/mol. The molecule has 0 bridgehead atoms. The standard InChI is InChI=1S/C10H14N2O3/c13-10(14)9-5-8(12-15-9)6-11-7-3-1-2-4-7/h5,7,11H,1-4,6H2,(H,13,14). The second kappa shape index (κ2) is 4.44. The lowest BCUT2D eigenvalue weighted by Crippen LogP contribution is -2.25. The van der Waals surface area contributed by atoms with E-state index in [1.165, 1.54) is 31.7 Å². The monoisotopic (exact) mass is 210 g/mol. The first-order valence-corrected chi connectivity index (χ1v) is 5.18. The van der Waals surface area contributed by atoms with Gasteiger partial charge < -0.3 is 14.9 Å². The van der Waals surface area contributed by atoms with Gasteiger partial charge in [0.2, 0.25) is 5.76 Å².